The maximum absolute atomic E-state index is 8.47. The lowest BCUT2D eigenvalue weighted by Gasteiger charge is -2.04. The number of nitriles is 1. The molecule has 0 aliphatic heterocycles. The normalized spacial score (nSPS) is 10.3. The van der Waals surface area contributed by atoms with Crippen LogP contribution in [0, 0.1) is 11.3 Å². The SMILES string of the molecule is N#CCOc1ccccc1/C=N/n1cnnc1. The number of hydrogen-bond acceptors (Lipinski definition) is 5. The lowest BCUT2D eigenvalue weighted by Crippen LogP contribution is -1.97. The highest BCUT2D eigenvalue weighted by molar-refractivity contribution is 5.83. The van der Waals surface area contributed by atoms with E-state index in [9.17, 15) is 0 Å². The van der Waals surface area contributed by atoms with Crippen LogP contribution in [0.5, 0.6) is 5.75 Å². The Morgan fingerprint density at radius 1 is 1.35 bits per heavy atom. The van der Waals surface area contributed by atoms with Gasteiger partial charge in [-0.1, -0.05) is 12.1 Å². The first-order chi connectivity index (χ1) is 8.40. The molecule has 84 valence electrons. The zero-order chi connectivity index (χ0) is 11.9. The summed E-state index contributed by atoms with van der Waals surface area (Å²) in [4.78, 5) is 0. The number of rotatable bonds is 4. The molecule has 0 amide bonds. The minimum Gasteiger partial charge on any atom is -0.478 e. The second kappa shape index (κ2) is 5.42. The highest BCUT2D eigenvalue weighted by Gasteiger charge is 1.99. The first kappa shape index (κ1) is 10.8. The van der Waals surface area contributed by atoms with Gasteiger partial charge in [0.15, 0.2) is 6.61 Å². The van der Waals surface area contributed by atoms with Crippen LogP contribution in [0.2, 0.25) is 0 Å². The molecule has 2 aromatic rings. The van der Waals surface area contributed by atoms with Crippen LogP contribution in [0.25, 0.3) is 0 Å². The quantitative estimate of drug-likeness (QED) is 0.732. The Balaban J connectivity index is 2.18. The molecule has 0 radical (unpaired) electrons. The highest BCUT2D eigenvalue weighted by Crippen LogP contribution is 2.15. The van der Waals surface area contributed by atoms with Gasteiger partial charge in [0.2, 0.25) is 0 Å². The number of para-hydroxylation sites is 1. The van der Waals surface area contributed by atoms with E-state index < -0.39 is 0 Å². The third-order valence-corrected chi connectivity index (χ3v) is 1.95. The average molecular weight is 227 g/mol. The summed E-state index contributed by atoms with van der Waals surface area (Å²) in [6, 6.07) is 9.26. The second-order valence-corrected chi connectivity index (χ2v) is 3.07. The van der Waals surface area contributed by atoms with Crippen LogP contribution >= 0.6 is 0 Å². The highest BCUT2D eigenvalue weighted by atomic mass is 16.5. The van der Waals surface area contributed by atoms with Gasteiger partial charge in [-0.2, -0.15) is 10.4 Å². The molecule has 2 rings (SSSR count). The predicted octanol–water partition coefficient (Wildman–Crippen LogP) is 1.06. The van der Waals surface area contributed by atoms with E-state index in [-0.39, 0.29) is 6.61 Å². The van der Waals surface area contributed by atoms with Crippen molar-refractivity contribution >= 4 is 6.21 Å². The minimum absolute atomic E-state index is 0.0114. The van der Waals surface area contributed by atoms with Crippen molar-refractivity contribution in [3.63, 3.8) is 0 Å². The summed E-state index contributed by atoms with van der Waals surface area (Å²) in [7, 11) is 0. The molecule has 1 heterocycles. The summed E-state index contributed by atoms with van der Waals surface area (Å²) in [6.45, 7) is 0.0114. The van der Waals surface area contributed by atoms with E-state index in [0.29, 0.717) is 5.75 Å². The van der Waals surface area contributed by atoms with Crippen LogP contribution in [0.1, 0.15) is 5.56 Å². The largest absolute Gasteiger partial charge is 0.478 e. The number of benzene rings is 1. The third-order valence-electron chi connectivity index (χ3n) is 1.95. The second-order valence-electron chi connectivity index (χ2n) is 3.07. The Hall–Kier alpha value is -2.68. The van der Waals surface area contributed by atoms with E-state index in [4.69, 9.17) is 10.00 Å². The van der Waals surface area contributed by atoms with Gasteiger partial charge < -0.3 is 4.74 Å². The molecule has 0 fully saturated rings. The molecule has 0 saturated heterocycles. The van der Waals surface area contributed by atoms with E-state index in [1.165, 1.54) is 17.3 Å². The molecular weight excluding hydrogens is 218 g/mol. The maximum atomic E-state index is 8.47. The monoisotopic (exact) mass is 227 g/mol. The molecule has 1 aromatic heterocycles. The van der Waals surface area contributed by atoms with Gasteiger partial charge in [0.1, 0.15) is 24.5 Å². The van der Waals surface area contributed by atoms with Crippen molar-refractivity contribution in [3.8, 4) is 11.8 Å². The number of hydrogen-bond donors (Lipinski definition) is 0. The first-order valence-electron chi connectivity index (χ1n) is 4.88. The van der Waals surface area contributed by atoms with Crippen molar-refractivity contribution in [2.24, 2.45) is 5.10 Å². The zero-order valence-corrected chi connectivity index (χ0v) is 8.89. The lowest BCUT2D eigenvalue weighted by molar-refractivity contribution is 0.367. The van der Waals surface area contributed by atoms with Crippen LogP contribution in [-0.4, -0.2) is 27.7 Å². The molecule has 1 aromatic carbocycles. The molecule has 0 atom stereocenters. The standard InChI is InChI=1S/C11H9N5O/c12-5-6-17-11-4-2-1-3-10(11)7-15-16-8-13-14-9-16/h1-4,7-9H,6H2/b15-7+. The van der Waals surface area contributed by atoms with Gasteiger partial charge >= 0.3 is 0 Å². The van der Waals surface area contributed by atoms with Crippen molar-refractivity contribution in [1.82, 2.24) is 14.9 Å². The molecule has 0 bridgehead atoms. The van der Waals surface area contributed by atoms with E-state index in [2.05, 4.69) is 15.3 Å². The molecule has 0 spiro atoms. The Morgan fingerprint density at radius 2 is 2.12 bits per heavy atom. The predicted molar refractivity (Wildman–Crippen MR) is 60.6 cm³/mol. The topological polar surface area (TPSA) is 76.1 Å². The van der Waals surface area contributed by atoms with Crippen molar-refractivity contribution in [1.29, 1.82) is 5.26 Å². The van der Waals surface area contributed by atoms with Crippen molar-refractivity contribution in [2.45, 2.75) is 0 Å². The summed E-state index contributed by atoms with van der Waals surface area (Å²) >= 11 is 0. The fourth-order valence-electron chi connectivity index (χ4n) is 1.21. The van der Waals surface area contributed by atoms with E-state index in [1.807, 2.05) is 24.3 Å². The molecule has 0 saturated carbocycles. The van der Waals surface area contributed by atoms with Crippen LogP contribution in [0.4, 0.5) is 0 Å². The summed E-state index contributed by atoms with van der Waals surface area (Å²) in [5, 5.41) is 19.8. The average Bonchev–Trinajstić information content (AvgIpc) is 2.88. The Morgan fingerprint density at radius 3 is 2.88 bits per heavy atom. The first-order valence-corrected chi connectivity index (χ1v) is 4.88. The molecule has 17 heavy (non-hydrogen) atoms. The summed E-state index contributed by atoms with van der Waals surface area (Å²) in [5.41, 5.74) is 0.788. The summed E-state index contributed by atoms with van der Waals surface area (Å²) in [6.07, 6.45) is 4.58. The lowest BCUT2D eigenvalue weighted by atomic mass is 10.2. The molecular formula is C11H9N5O. The van der Waals surface area contributed by atoms with Gasteiger partial charge in [0, 0.05) is 5.56 Å². The van der Waals surface area contributed by atoms with Gasteiger partial charge in [0.05, 0.1) is 6.21 Å². The number of nitrogens with zero attached hydrogens (tertiary/aromatic N) is 5. The molecule has 6 heteroatoms. The van der Waals surface area contributed by atoms with E-state index >= 15 is 0 Å². The Bertz CT molecular complexity index is 541. The Kier molecular flexibility index (Phi) is 3.45. The smallest absolute Gasteiger partial charge is 0.174 e. The van der Waals surface area contributed by atoms with Gasteiger partial charge in [-0.05, 0) is 12.1 Å². The van der Waals surface area contributed by atoms with Crippen LogP contribution in [0.3, 0.4) is 0 Å². The molecule has 0 unspecified atom stereocenters. The number of ether oxygens (including phenoxy) is 1. The van der Waals surface area contributed by atoms with Crippen LogP contribution < -0.4 is 4.74 Å². The van der Waals surface area contributed by atoms with Crippen LogP contribution in [0.15, 0.2) is 42.0 Å². The fourth-order valence-corrected chi connectivity index (χ4v) is 1.21. The maximum Gasteiger partial charge on any atom is 0.174 e. The minimum atomic E-state index is 0.0114. The molecule has 0 N–H and O–H groups in total. The Labute approximate surface area is 97.8 Å². The van der Waals surface area contributed by atoms with Crippen LogP contribution in [-0.2, 0) is 0 Å². The van der Waals surface area contributed by atoms with Gasteiger partial charge in [-0.25, -0.2) is 4.68 Å². The van der Waals surface area contributed by atoms with E-state index in [0.717, 1.165) is 5.56 Å². The third kappa shape index (κ3) is 2.89. The van der Waals surface area contributed by atoms with Gasteiger partial charge in [-0.15, -0.1) is 10.2 Å². The van der Waals surface area contributed by atoms with Crippen molar-refractivity contribution in [3.05, 3.63) is 42.5 Å². The summed E-state index contributed by atoms with van der Waals surface area (Å²) < 4.78 is 6.74. The van der Waals surface area contributed by atoms with E-state index in [1.54, 1.807) is 12.3 Å². The van der Waals surface area contributed by atoms with Crippen molar-refractivity contribution in [2.75, 3.05) is 6.61 Å². The van der Waals surface area contributed by atoms with Gasteiger partial charge in [-0.3, -0.25) is 0 Å². The molecule has 6 nitrogen and oxygen atoms in total. The summed E-state index contributed by atoms with van der Waals surface area (Å²) in [5.74, 6) is 0.617. The number of aromatic nitrogens is 3. The molecule has 0 aliphatic carbocycles. The molecule has 0 aliphatic rings. The zero-order valence-electron chi connectivity index (χ0n) is 8.89. The van der Waals surface area contributed by atoms with Crippen molar-refractivity contribution < 1.29 is 4.74 Å². The fraction of sp³-hybridized carbons (Fsp3) is 0.0909. The van der Waals surface area contributed by atoms with Gasteiger partial charge in [0.25, 0.3) is 0 Å².